The number of hydrogen-bond acceptors (Lipinski definition) is 0. The first kappa shape index (κ1) is 18.2. The van der Waals surface area contributed by atoms with Gasteiger partial charge in [0.05, 0.1) is 0 Å². The largest absolute Gasteiger partial charge is 0.212 e. The van der Waals surface area contributed by atoms with Crippen molar-refractivity contribution in [2.24, 2.45) is 12.5 Å². The summed E-state index contributed by atoms with van der Waals surface area (Å²) in [5, 5.41) is 0. The third-order valence-corrected chi connectivity index (χ3v) is 6.04. The van der Waals surface area contributed by atoms with E-state index in [0.717, 1.165) is 5.69 Å². The molecule has 0 aliphatic heterocycles. The predicted molar refractivity (Wildman–Crippen MR) is 109 cm³/mol. The maximum atomic E-state index is 8.54. The first-order valence-corrected chi connectivity index (χ1v) is 9.29. The molecule has 0 radical (unpaired) electrons. The number of rotatable bonds is 2. The van der Waals surface area contributed by atoms with E-state index < -0.39 is 0 Å². The molecule has 0 amide bonds. The molecule has 0 N–H and O–H groups in total. The predicted octanol–water partition coefficient (Wildman–Crippen LogP) is 6.11. The lowest BCUT2D eigenvalue weighted by Crippen LogP contribution is -2.37. The van der Waals surface area contributed by atoms with E-state index in [1.54, 1.807) is 0 Å². The molecule has 1 aromatic heterocycles. The van der Waals surface area contributed by atoms with E-state index in [1.807, 2.05) is 17.7 Å². The van der Waals surface area contributed by atoms with Crippen LogP contribution in [0, 0.1) is 12.3 Å². The lowest BCUT2D eigenvalue weighted by molar-refractivity contribution is -0.660. The van der Waals surface area contributed by atoms with E-state index in [9.17, 15) is 0 Å². The summed E-state index contributed by atoms with van der Waals surface area (Å²) in [4.78, 5) is 0. The molecule has 0 unspecified atom stereocenters. The van der Waals surface area contributed by atoms with E-state index in [0.29, 0.717) is 6.17 Å². The summed E-state index contributed by atoms with van der Waals surface area (Å²) in [5.74, 6) is 0. The molecule has 1 heteroatoms. The van der Waals surface area contributed by atoms with Crippen LogP contribution in [0.1, 0.15) is 73.5 Å². The summed E-state index contributed by atoms with van der Waals surface area (Å²) >= 11 is 0. The maximum Gasteiger partial charge on any atom is 0.212 e. The van der Waals surface area contributed by atoms with Crippen LogP contribution in [0.3, 0.4) is 0 Å². The highest BCUT2D eigenvalue weighted by atomic mass is 14.9. The van der Waals surface area contributed by atoms with Gasteiger partial charge in [0.2, 0.25) is 5.69 Å². The van der Waals surface area contributed by atoms with Crippen LogP contribution in [-0.2, 0) is 17.9 Å². The Balaban J connectivity index is 2.76. The van der Waals surface area contributed by atoms with Crippen LogP contribution >= 0.6 is 0 Å². The Morgan fingerprint density at radius 3 is 1.96 bits per heavy atom. The molecule has 0 fully saturated rings. The third-order valence-electron chi connectivity index (χ3n) is 6.04. The van der Waals surface area contributed by atoms with Crippen molar-refractivity contribution >= 4 is 0 Å². The van der Waals surface area contributed by atoms with Gasteiger partial charge >= 0.3 is 0 Å². The van der Waals surface area contributed by atoms with Crippen molar-refractivity contribution in [1.82, 2.24) is 0 Å². The molecule has 0 saturated carbocycles. The molecule has 136 valence electrons. The summed E-state index contributed by atoms with van der Waals surface area (Å²) in [6, 6.07) is 11.1. The molecule has 25 heavy (non-hydrogen) atoms. The van der Waals surface area contributed by atoms with Gasteiger partial charge in [0.25, 0.3) is 0 Å². The van der Waals surface area contributed by atoms with E-state index in [4.69, 9.17) is 1.37 Å². The molecular formula is C24H36N+. The third kappa shape index (κ3) is 3.81. The summed E-state index contributed by atoms with van der Waals surface area (Å²) in [7, 11) is 1.99. The van der Waals surface area contributed by atoms with Gasteiger partial charge in [-0.3, -0.25) is 0 Å². The molecule has 1 heterocycles. The number of benzene rings is 1. The smallest absolute Gasteiger partial charge is 0.201 e. The second-order valence-electron chi connectivity index (χ2n) is 9.97. The molecule has 1 aromatic carbocycles. The van der Waals surface area contributed by atoms with Gasteiger partial charge in [-0.05, 0) is 45.9 Å². The quantitative estimate of drug-likeness (QED) is 0.581. The molecule has 0 aliphatic rings. The molecule has 0 bridgehead atoms. The molecule has 0 atom stereocenters. The minimum Gasteiger partial charge on any atom is -0.201 e. The van der Waals surface area contributed by atoms with Gasteiger partial charge < -0.3 is 0 Å². The van der Waals surface area contributed by atoms with Crippen molar-refractivity contribution in [2.45, 2.75) is 73.1 Å². The summed E-state index contributed by atoms with van der Waals surface area (Å²) in [5.41, 5.74) is 6.33. The number of pyridine rings is 1. The SMILES string of the molecule is [2H]c1cc(C(C)(C)C(C)(C)C)cc(-c2cc(C(C)(C)C)ccc2C)[n+]1C. The average Bonchev–Trinajstić information content (AvgIpc) is 2.48. The van der Waals surface area contributed by atoms with Crippen LogP contribution in [0.15, 0.2) is 36.5 Å². The monoisotopic (exact) mass is 339 g/mol. The van der Waals surface area contributed by atoms with Crippen molar-refractivity contribution in [3.63, 3.8) is 0 Å². The number of hydrogen-bond donors (Lipinski definition) is 0. The highest BCUT2D eigenvalue weighted by molar-refractivity contribution is 5.63. The summed E-state index contributed by atoms with van der Waals surface area (Å²) in [6.07, 6.45) is 0.551. The average molecular weight is 340 g/mol. The van der Waals surface area contributed by atoms with Crippen LogP contribution in [0.4, 0.5) is 0 Å². The molecule has 2 aromatic rings. The second-order valence-corrected chi connectivity index (χ2v) is 9.97. The van der Waals surface area contributed by atoms with E-state index in [1.165, 1.54) is 22.3 Å². The Morgan fingerprint density at radius 2 is 1.44 bits per heavy atom. The molecule has 0 spiro atoms. The zero-order valence-electron chi connectivity index (χ0n) is 18.8. The van der Waals surface area contributed by atoms with Gasteiger partial charge in [0, 0.05) is 17.7 Å². The van der Waals surface area contributed by atoms with E-state index in [2.05, 4.69) is 86.6 Å². The first-order valence-electron chi connectivity index (χ1n) is 9.79. The Kier molecular flexibility index (Phi) is 4.56. The van der Waals surface area contributed by atoms with Gasteiger partial charge in [-0.25, -0.2) is 4.57 Å². The van der Waals surface area contributed by atoms with Crippen LogP contribution in [0.2, 0.25) is 0 Å². The zero-order valence-corrected chi connectivity index (χ0v) is 17.8. The van der Waals surface area contributed by atoms with Crippen molar-refractivity contribution in [1.29, 1.82) is 0 Å². The minimum absolute atomic E-state index is 0.0264. The van der Waals surface area contributed by atoms with Gasteiger partial charge in [0.15, 0.2) is 6.17 Å². The first-order chi connectivity index (χ1) is 11.7. The van der Waals surface area contributed by atoms with Crippen LogP contribution in [0.25, 0.3) is 11.3 Å². The van der Waals surface area contributed by atoms with Crippen molar-refractivity contribution in [2.75, 3.05) is 0 Å². The van der Waals surface area contributed by atoms with Crippen LogP contribution in [-0.4, -0.2) is 0 Å². The van der Waals surface area contributed by atoms with Gasteiger partial charge in [-0.15, -0.1) is 0 Å². The fourth-order valence-corrected chi connectivity index (χ4v) is 2.94. The zero-order chi connectivity index (χ0) is 20.1. The Hall–Kier alpha value is -1.63. The minimum atomic E-state index is -0.0264. The highest BCUT2D eigenvalue weighted by Gasteiger charge is 2.35. The Bertz CT molecular complexity index is 817. The second kappa shape index (κ2) is 6.27. The summed E-state index contributed by atoms with van der Waals surface area (Å²) < 4.78 is 10.5. The molecule has 0 aliphatic carbocycles. The fraction of sp³-hybridized carbons (Fsp3) is 0.542. The normalized spacial score (nSPS) is 13.8. The van der Waals surface area contributed by atoms with E-state index in [-0.39, 0.29) is 16.2 Å². The fourth-order valence-electron chi connectivity index (χ4n) is 2.94. The lowest BCUT2D eigenvalue weighted by atomic mass is 9.65. The van der Waals surface area contributed by atoms with Gasteiger partial charge in [0.1, 0.15) is 8.42 Å². The Morgan fingerprint density at radius 1 is 0.840 bits per heavy atom. The van der Waals surface area contributed by atoms with Crippen LogP contribution in [0.5, 0.6) is 0 Å². The molecule has 0 saturated heterocycles. The number of aryl methyl sites for hydroxylation is 1. The molecular weight excluding hydrogens is 302 g/mol. The number of nitrogens with zero attached hydrogens (tertiary/aromatic N) is 1. The number of aromatic nitrogens is 1. The molecule has 2 rings (SSSR count). The standard InChI is InChI=1S/C24H36N/c1-17-11-12-18(22(2,3)4)15-20(17)21-16-19(13-14-25(21)10)24(8,9)23(5,6)7/h11-16H,1-10H3/q+1/i14D. The van der Waals surface area contributed by atoms with Crippen molar-refractivity contribution in [3.8, 4) is 11.3 Å². The van der Waals surface area contributed by atoms with Gasteiger partial charge in [-0.1, -0.05) is 67.5 Å². The summed E-state index contributed by atoms with van der Waals surface area (Å²) in [6.45, 7) is 20.3. The molecule has 1 nitrogen and oxygen atoms in total. The highest BCUT2D eigenvalue weighted by Crippen LogP contribution is 2.41. The Labute approximate surface area is 156 Å². The van der Waals surface area contributed by atoms with Gasteiger partial charge in [-0.2, -0.15) is 0 Å². The lowest BCUT2D eigenvalue weighted by Gasteiger charge is -2.39. The van der Waals surface area contributed by atoms with E-state index >= 15 is 0 Å². The maximum absolute atomic E-state index is 8.54. The van der Waals surface area contributed by atoms with Crippen molar-refractivity contribution < 1.29 is 5.94 Å². The van der Waals surface area contributed by atoms with Crippen LogP contribution < -0.4 is 4.57 Å². The topological polar surface area (TPSA) is 3.88 Å². The van der Waals surface area contributed by atoms with Crippen molar-refractivity contribution in [3.05, 3.63) is 53.2 Å².